The summed E-state index contributed by atoms with van der Waals surface area (Å²) in [4.78, 5) is 27.8. The van der Waals surface area contributed by atoms with Gasteiger partial charge < -0.3 is 5.11 Å². The second-order valence-corrected chi connectivity index (χ2v) is 1.94. The Morgan fingerprint density at radius 2 is 1.54 bits per heavy atom. The second-order valence-electron chi connectivity index (χ2n) is 1.94. The average Bonchev–Trinajstić information content (AvgIpc) is 2.19. The molecule has 0 aliphatic carbocycles. The molecule has 0 spiro atoms. The molecule has 1 rings (SSSR count). The molecule has 4 nitrogen and oxygen atoms in total. The van der Waals surface area contributed by atoms with Crippen molar-refractivity contribution in [1.29, 1.82) is 0 Å². The molecule has 1 aromatic rings. The van der Waals surface area contributed by atoms with Crippen molar-refractivity contribution in [2.75, 3.05) is 0 Å². The summed E-state index contributed by atoms with van der Waals surface area (Å²) in [7, 11) is 0. The van der Waals surface area contributed by atoms with Crippen LogP contribution in [0.15, 0.2) is 30.3 Å². The molecule has 0 atom stereocenters. The van der Waals surface area contributed by atoms with Crippen molar-refractivity contribution < 1.29 is 19.5 Å². The molecule has 0 aromatic heterocycles. The van der Waals surface area contributed by atoms with E-state index in [1.165, 1.54) is 0 Å². The number of benzene rings is 1. The maximum atomic E-state index is 10.2. The van der Waals surface area contributed by atoms with Crippen molar-refractivity contribution >= 4 is 18.5 Å². The number of hydrogen-bond donors (Lipinski definition) is 1. The number of carboxylic acids is 1. The number of carboxylic acid groups (broad SMARTS) is 1. The Bertz CT molecular complexity index is 273. The molecule has 0 bridgehead atoms. The molecule has 1 aromatic carbocycles. The van der Waals surface area contributed by atoms with Gasteiger partial charge in [0.15, 0.2) is 12.6 Å². The lowest BCUT2D eigenvalue weighted by molar-refractivity contribution is -0.122. The van der Waals surface area contributed by atoms with Crippen LogP contribution in [0.3, 0.4) is 0 Å². The number of rotatable bonds is 2. The largest absolute Gasteiger partial charge is 0.478 e. The summed E-state index contributed by atoms with van der Waals surface area (Å²) in [5.41, 5.74) is 0.331. The van der Waals surface area contributed by atoms with E-state index in [1.807, 2.05) is 0 Å². The summed E-state index contributed by atoms with van der Waals surface area (Å²) in [6.45, 7) is 0. The predicted octanol–water partition coefficient (Wildman–Crippen LogP) is 0.769. The van der Waals surface area contributed by atoms with E-state index in [4.69, 9.17) is 14.7 Å². The zero-order valence-electron chi connectivity index (χ0n) is 6.71. The predicted molar refractivity (Wildman–Crippen MR) is 45.5 cm³/mol. The molecule has 0 aliphatic heterocycles. The lowest BCUT2D eigenvalue weighted by Gasteiger charge is -1.88. The Morgan fingerprint density at radius 1 is 1.08 bits per heavy atom. The van der Waals surface area contributed by atoms with E-state index < -0.39 is 5.97 Å². The third kappa shape index (κ3) is 5.32. The first-order valence-electron chi connectivity index (χ1n) is 3.39. The molecule has 0 saturated heterocycles. The highest BCUT2D eigenvalue weighted by molar-refractivity contribution is 6.09. The first kappa shape index (κ1) is 11.0. The fourth-order valence-electron chi connectivity index (χ4n) is 0.581. The third-order valence-corrected chi connectivity index (χ3v) is 1.08. The molecule has 0 saturated carbocycles. The monoisotopic (exact) mass is 180 g/mol. The molecule has 0 fully saturated rings. The first-order valence-corrected chi connectivity index (χ1v) is 3.39. The van der Waals surface area contributed by atoms with Gasteiger partial charge in [0.1, 0.15) is 0 Å². The van der Waals surface area contributed by atoms with Gasteiger partial charge in [-0.15, -0.1) is 0 Å². The topological polar surface area (TPSA) is 71.4 Å². The van der Waals surface area contributed by atoms with Gasteiger partial charge in [0.25, 0.3) is 0 Å². The van der Waals surface area contributed by atoms with Crippen LogP contribution in [-0.2, 0) is 9.59 Å². The fraction of sp³-hybridized carbons (Fsp3) is 0. The zero-order chi connectivity index (χ0) is 10.1. The SMILES string of the molecule is O=C(O)c1ccccc1.O=CC=O. The van der Waals surface area contributed by atoms with Crippen LogP contribution in [-0.4, -0.2) is 23.6 Å². The highest BCUT2D eigenvalue weighted by Gasteiger charge is 1.96. The quantitative estimate of drug-likeness (QED) is 0.539. The van der Waals surface area contributed by atoms with Gasteiger partial charge in [0, 0.05) is 0 Å². The molecular weight excluding hydrogens is 172 g/mol. The van der Waals surface area contributed by atoms with Gasteiger partial charge in [0.05, 0.1) is 5.56 Å². The molecule has 0 heterocycles. The molecule has 0 unspecified atom stereocenters. The highest BCUT2D eigenvalue weighted by Crippen LogP contribution is 1.96. The van der Waals surface area contributed by atoms with E-state index in [0.717, 1.165) is 0 Å². The van der Waals surface area contributed by atoms with E-state index in [-0.39, 0.29) is 12.6 Å². The summed E-state index contributed by atoms with van der Waals surface area (Å²) in [5, 5.41) is 8.38. The molecule has 1 N–H and O–H groups in total. The first-order chi connectivity index (χ1) is 6.22. The Labute approximate surface area is 74.8 Å². The van der Waals surface area contributed by atoms with Crippen molar-refractivity contribution in [3.8, 4) is 0 Å². The van der Waals surface area contributed by atoms with Gasteiger partial charge in [0.2, 0.25) is 0 Å². The van der Waals surface area contributed by atoms with Crippen LogP contribution < -0.4 is 0 Å². The Hall–Kier alpha value is -1.97. The number of carbonyl (C=O) groups excluding carboxylic acids is 2. The van der Waals surface area contributed by atoms with Crippen LogP contribution >= 0.6 is 0 Å². The Morgan fingerprint density at radius 3 is 1.77 bits per heavy atom. The minimum absolute atomic E-state index is 0.194. The third-order valence-electron chi connectivity index (χ3n) is 1.08. The second kappa shape index (κ2) is 6.72. The minimum atomic E-state index is -0.879. The van der Waals surface area contributed by atoms with Gasteiger partial charge in [-0.3, -0.25) is 9.59 Å². The van der Waals surface area contributed by atoms with E-state index in [0.29, 0.717) is 5.56 Å². The zero-order valence-corrected chi connectivity index (χ0v) is 6.71. The average molecular weight is 180 g/mol. The fourth-order valence-corrected chi connectivity index (χ4v) is 0.581. The van der Waals surface area contributed by atoms with Gasteiger partial charge in [-0.2, -0.15) is 0 Å². The molecule has 0 amide bonds. The maximum absolute atomic E-state index is 10.2. The van der Waals surface area contributed by atoms with E-state index in [2.05, 4.69) is 0 Å². The number of hydrogen-bond acceptors (Lipinski definition) is 3. The Balaban J connectivity index is 0.000000310. The molecule has 68 valence electrons. The molecule has 4 heteroatoms. The summed E-state index contributed by atoms with van der Waals surface area (Å²) in [6.07, 6.45) is 0.389. The summed E-state index contributed by atoms with van der Waals surface area (Å²) < 4.78 is 0. The van der Waals surface area contributed by atoms with Gasteiger partial charge in [-0.25, -0.2) is 4.79 Å². The number of carbonyl (C=O) groups is 3. The summed E-state index contributed by atoms with van der Waals surface area (Å²) in [6, 6.07) is 8.30. The van der Waals surface area contributed by atoms with E-state index >= 15 is 0 Å². The van der Waals surface area contributed by atoms with Crippen molar-refractivity contribution in [2.45, 2.75) is 0 Å². The van der Waals surface area contributed by atoms with Crippen LogP contribution in [0.25, 0.3) is 0 Å². The molecule has 13 heavy (non-hydrogen) atoms. The van der Waals surface area contributed by atoms with Gasteiger partial charge in [-0.05, 0) is 12.1 Å². The number of aromatic carboxylic acids is 1. The maximum Gasteiger partial charge on any atom is 0.335 e. The van der Waals surface area contributed by atoms with Crippen LogP contribution in [0.2, 0.25) is 0 Å². The molecular formula is C9H8O4. The van der Waals surface area contributed by atoms with Crippen molar-refractivity contribution in [1.82, 2.24) is 0 Å². The lowest BCUT2D eigenvalue weighted by atomic mass is 10.2. The van der Waals surface area contributed by atoms with Crippen LogP contribution in [0, 0.1) is 0 Å². The number of aldehydes is 2. The molecule has 0 radical (unpaired) electrons. The van der Waals surface area contributed by atoms with Crippen molar-refractivity contribution in [3.63, 3.8) is 0 Å². The van der Waals surface area contributed by atoms with Crippen molar-refractivity contribution in [3.05, 3.63) is 35.9 Å². The van der Waals surface area contributed by atoms with E-state index in [1.54, 1.807) is 30.3 Å². The lowest BCUT2D eigenvalue weighted by Crippen LogP contribution is -1.93. The smallest absolute Gasteiger partial charge is 0.335 e. The van der Waals surface area contributed by atoms with Crippen LogP contribution in [0.1, 0.15) is 10.4 Å². The van der Waals surface area contributed by atoms with Crippen LogP contribution in [0.5, 0.6) is 0 Å². The minimum Gasteiger partial charge on any atom is -0.478 e. The van der Waals surface area contributed by atoms with Crippen LogP contribution in [0.4, 0.5) is 0 Å². The summed E-state index contributed by atoms with van der Waals surface area (Å²) in [5.74, 6) is -0.879. The normalized spacial score (nSPS) is 7.69. The van der Waals surface area contributed by atoms with Crippen molar-refractivity contribution in [2.24, 2.45) is 0 Å². The van der Waals surface area contributed by atoms with Gasteiger partial charge >= 0.3 is 5.97 Å². The molecule has 0 aliphatic rings. The summed E-state index contributed by atoms with van der Waals surface area (Å²) >= 11 is 0. The standard InChI is InChI=1S/C7H6O2.C2H2O2/c8-7(9)6-4-2-1-3-5-6;3-1-2-4/h1-5H,(H,8,9);1-2H. The highest BCUT2D eigenvalue weighted by atomic mass is 16.4. The van der Waals surface area contributed by atoms with Gasteiger partial charge in [-0.1, -0.05) is 18.2 Å². The van der Waals surface area contributed by atoms with E-state index in [9.17, 15) is 4.79 Å². The Kier molecular flexibility index (Phi) is 5.70.